The normalized spacial score (nSPS) is 18.9. The summed E-state index contributed by atoms with van der Waals surface area (Å²) >= 11 is 0. The van der Waals surface area contributed by atoms with Crippen molar-refractivity contribution in [1.82, 2.24) is 9.97 Å². The topological polar surface area (TPSA) is 111 Å². The molecule has 1 aliphatic rings. The highest BCUT2D eigenvalue weighted by molar-refractivity contribution is 5.50. The van der Waals surface area contributed by atoms with Gasteiger partial charge in [-0.05, 0) is 19.8 Å². The molecule has 2 heterocycles. The highest BCUT2D eigenvalue weighted by Crippen LogP contribution is 2.21. The van der Waals surface area contributed by atoms with Gasteiger partial charge in [-0.25, -0.2) is 0 Å². The molecule has 0 amide bonds. The van der Waals surface area contributed by atoms with Gasteiger partial charge >= 0.3 is 0 Å². The highest BCUT2D eigenvalue weighted by atomic mass is 16.6. The number of aromatic nitrogens is 2. The van der Waals surface area contributed by atoms with Crippen LogP contribution in [0.15, 0.2) is 6.07 Å². The zero-order valence-corrected chi connectivity index (χ0v) is 10.4. The van der Waals surface area contributed by atoms with Crippen molar-refractivity contribution in [2.24, 2.45) is 0 Å². The lowest BCUT2D eigenvalue weighted by molar-refractivity contribution is -0.128. The fourth-order valence-electron chi connectivity index (χ4n) is 2.13. The molecule has 0 aliphatic carbocycles. The first-order valence-corrected chi connectivity index (χ1v) is 6.03. The fourth-order valence-corrected chi connectivity index (χ4v) is 2.13. The molecule has 1 saturated heterocycles. The third-order valence-electron chi connectivity index (χ3n) is 2.91. The van der Waals surface area contributed by atoms with Gasteiger partial charge in [0.2, 0.25) is 5.95 Å². The van der Waals surface area contributed by atoms with E-state index in [1.807, 2.05) is 0 Å². The van der Waals surface area contributed by atoms with Gasteiger partial charge in [-0.15, -0.1) is 0 Å². The number of ether oxygens (including phenoxy) is 1. The van der Waals surface area contributed by atoms with E-state index in [2.05, 4.69) is 14.9 Å². The van der Waals surface area contributed by atoms with E-state index in [-0.39, 0.29) is 12.1 Å². The van der Waals surface area contributed by atoms with Gasteiger partial charge in [-0.2, -0.15) is 9.97 Å². The summed E-state index contributed by atoms with van der Waals surface area (Å²) in [6, 6.07) is 1.71. The van der Waals surface area contributed by atoms with Gasteiger partial charge in [0.15, 0.2) is 6.29 Å². The molecule has 1 aromatic heterocycles. The van der Waals surface area contributed by atoms with E-state index in [0.29, 0.717) is 5.82 Å². The molecule has 2 rings (SSSR count). The zero-order valence-electron chi connectivity index (χ0n) is 10.4. The number of hydrogen-bond acceptors (Lipinski definition) is 7. The van der Waals surface area contributed by atoms with Gasteiger partial charge in [-0.3, -0.25) is 0 Å². The lowest BCUT2D eigenvalue weighted by Gasteiger charge is -2.33. The van der Waals surface area contributed by atoms with Crippen LogP contribution < -0.4 is 16.4 Å². The second kappa shape index (κ2) is 5.36. The van der Waals surface area contributed by atoms with E-state index in [1.54, 1.807) is 13.0 Å². The molecule has 100 valence electrons. The summed E-state index contributed by atoms with van der Waals surface area (Å²) in [6.07, 6.45) is 1.06. The van der Waals surface area contributed by atoms with Crippen LogP contribution in [0.1, 0.15) is 19.8 Å². The molecular formula is C11H19N5O2. The molecule has 0 radical (unpaired) electrons. The van der Waals surface area contributed by atoms with Crippen LogP contribution in [-0.4, -0.2) is 40.6 Å². The van der Waals surface area contributed by atoms with Crippen LogP contribution in [0.3, 0.4) is 0 Å². The lowest BCUT2D eigenvalue weighted by Crippen LogP contribution is -2.38. The van der Waals surface area contributed by atoms with Gasteiger partial charge in [0.25, 0.3) is 0 Å². The third-order valence-corrected chi connectivity index (χ3v) is 2.91. The largest absolute Gasteiger partial charge is 0.383 e. The molecule has 5 N–H and O–H groups in total. The average Bonchev–Trinajstić information content (AvgIpc) is 2.27. The Morgan fingerprint density at radius 1 is 1.39 bits per heavy atom. The monoisotopic (exact) mass is 253 g/mol. The minimum atomic E-state index is -0.716. The Kier molecular flexibility index (Phi) is 3.83. The predicted octanol–water partition coefficient (Wildman–Crippen LogP) is -0.0353. The van der Waals surface area contributed by atoms with Gasteiger partial charge in [0, 0.05) is 19.2 Å². The lowest BCUT2D eigenvalue weighted by atomic mass is 10.1. The maximum Gasteiger partial charge on any atom is 0.223 e. The van der Waals surface area contributed by atoms with E-state index >= 15 is 0 Å². The number of nitrogens with zero attached hydrogens (tertiary/aromatic N) is 3. The maximum atomic E-state index is 9.17. The van der Waals surface area contributed by atoms with E-state index in [9.17, 15) is 5.11 Å². The summed E-state index contributed by atoms with van der Waals surface area (Å²) < 4.78 is 5.37. The van der Waals surface area contributed by atoms with E-state index in [1.165, 1.54) is 0 Å². The molecule has 1 fully saturated rings. The zero-order chi connectivity index (χ0) is 13.1. The number of rotatable bonds is 3. The Balaban J connectivity index is 1.96. The van der Waals surface area contributed by atoms with Gasteiger partial charge in [0.1, 0.15) is 11.6 Å². The summed E-state index contributed by atoms with van der Waals surface area (Å²) in [5.41, 5.74) is 11.2. The van der Waals surface area contributed by atoms with Crippen LogP contribution in [0.2, 0.25) is 0 Å². The standard InChI is InChI=1S/C11H19N5O2/c1-7(17)18-8-2-4-16(5-3-8)10-6-9(12)14-11(13)15-10/h6-8,17H,2-5H2,1H3,(H4,12,13,14,15). The number of piperidine rings is 1. The second-order valence-corrected chi connectivity index (χ2v) is 4.43. The molecule has 1 aliphatic heterocycles. The number of hydrogen-bond donors (Lipinski definition) is 3. The molecular weight excluding hydrogens is 234 g/mol. The van der Waals surface area contributed by atoms with Crippen molar-refractivity contribution in [3.8, 4) is 0 Å². The molecule has 18 heavy (non-hydrogen) atoms. The van der Waals surface area contributed by atoms with Crippen molar-refractivity contribution < 1.29 is 9.84 Å². The molecule has 0 spiro atoms. The number of nitrogen functional groups attached to an aromatic ring is 2. The van der Waals surface area contributed by atoms with Crippen molar-refractivity contribution in [1.29, 1.82) is 0 Å². The second-order valence-electron chi connectivity index (χ2n) is 4.43. The van der Waals surface area contributed by atoms with Crippen molar-refractivity contribution in [3.05, 3.63) is 6.07 Å². The smallest absolute Gasteiger partial charge is 0.223 e. The summed E-state index contributed by atoms with van der Waals surface area (Å²) in [6.45, 7) is 3.22. The van der Waals surface area contributed by atoms with Crippen LogP contribution in [0, 0.1) is 0 Å². The molecule has 0 bridgehead atoms. The minimum absolute atomic E-state index is 0.0952. The number of nitrogens with two attached hydrogens (primary N) is 2. The first kappa shape index (κ1) is 12.8. The van der Waals surface area contributed by atoms with Crippen LogP contribution >= 0.6 is 0 Å². The fraction of sp³-hybridized carbons (Fsp3) is 0.636. The van der Waals surface area contributed by atoms with Crippen molar-refractivity contribution in [2.75, 3.05) is 29.5 Å². The summed E-state index contributed by atoms with van der Waals surface area (Å²) in [5.74, 6) is 1.31. The Morgan fingerprint density at radius 3 is 2.61 bits per heavy atom. The first-order valence-electron chi connectivity index (χ1n) is 6.03. The minimum Gasteiger partial charge on any atom is -0.383 e. The van der Waals surface area contributed by atoms with E-state index in [0.717, 1.165) is 31.7 Å². The van der Waals surface area contributed by atoms with Crippen molar-refractivity contribution >= 4 is 17.6 Å². The Labute approximate surface area is 106 Å². The molecule has 0 aromatic carbocycles. The van der Waals surface area contributed by atoms with Crippen LogP contribution in [0.4, 0.5) is 17.6 Å². The molecule has 1 unspecified atom stereocenters. The van der Waals surface area contributed by atoms with Gasteiger partial charge in [-0.1, -0.05) is 0 Å². The number of aliphatic hydroxyl groups excluding tert-OH is 1. The molecule has 7 heteroatoms. The summed E-state index contributed by atoms with van der Waals surface area (Å²) in [4.78, 5) is 10.1. The third kappa shape index (κ3) is 3.21. The number of aliphatic hydroxyl groups is 1. The Hall–Kier alpha value is -1.60. The van der Waals surface area contributed by atoms with Crippen LogP contribution in [0.5, 0.6) is 0 Å². The molecule has 7 nitrogen and oxygen atoms in total. The molecule has 1 atom stereocenters. The van der Waals surface area contributed by atoms with Crippen molar-refractivity contribution in [2.45, 2.75) is 32.2 Å². The van der Waals surface area contributed by atoms with Gasteiger partial charge < -0.3 is 26.2 Å². The van der Waals surface area contributed by atoms with Crippen LogP contribution in [-0.2, 0) is 4.74 Å². The maximum absolute atomic E-state index is 9.17. The molecule has 0 saturated carbocycles. The highest BCUT2D eigenvalue weighted by Gasteiger charge is 2.22. The SMILES string of the molecule is CC(O)OC1CCN(c2cc(N)nc(N)n2)CC1. The van der Waals surface area contributed by atoms with E-state index < -0.39 is 6.29 Å². The molecule has 1 aromatic rings. The van der Waals surface area contributed by atoms with E-state index in [4.69, 9.17) is 16.2 Å². The van der Waals surface area contributed by atoms with Crippen LogP contribution in [0.25, 0.3) is 0 Å². The first-order chi connectivity index (χ1) is 8.54. The van der Waals surface area contributed by atoms with Gasteiger partial charge in [0.05, 0.1) is 6.10 Å². The quantitative estimate of drug-likeness (QED) is 0.648. The predicted molar refractivity (Wildman–Crippen MR) is 68.9 cm³/mol. The van der Waals surface area contributed by atoms with Crippen molar-refractivity contribution in [3.63, 3.8) is 0 Å². The Bertz CT molecular complexity index is 384. The summed E-state index contributed by atoms with van der Waals surface area (Å²) in [7, 11) is 0. The number of anilines is 3. The Morgan fingerprint density at radius 2 is 2.06 bits per heavy atom. The summed E-state index contributed by atoms with van der Waals surface area (Å²) in [5, 5.41) is 9.17. The average molecular weight is 253 g/mol.